The highest BCUT2D eigenvalue weighted by atomic mass is 32.2. The van der Waals surface area contributed by atoms with Crippen molar-refractivity contribution in [3.8, 4) is 0 Å². The molecule has 1 heterocycles. The molecule has 1 saturated heterocycles. The summed E-state index contributed by atoms with van der Waals surface area (Å²) in [5.41, 5.74) is -0.423. The Labute approximate surface area is 118 Å². The van der Waals surface area contributed by atoms with Gasteiger partial charge in [-0.25, -0.2) is 8.42 Å². The number of rotatable bonds is 3. The van der Waals surface area contributed by atoms with Crippen molar-refractivity contribution < 1.29 is 18.3 Å². The number of hydrogen-bond acceptors (Lipinski definition) is 4. The lowest BCUT2D eigenvalue weighted by molar-refractivity contribution is -0.114. The largest absolute Gasteiger partial charge is 0.389 e. The van der Waals surface area contributed by atoms with Crippen molar-refractivity contribution in [2.45, 2.75) is 30.8 Å². The summed E-state index contributed by atoms with van der Waals surface area (Å²) < 4.78 is 26.0. The van der Waals surface area contributed by atoms with Gasteiger partial charge in [-0.15, -0.1) is 0 Å². The average Bonchev–Trinajstić information content (AvgIpc) is 2.70. The van der Waals surface area contributed by atoms with Crippen LogP contribution in [0, 0.1) is 0 Å². The van der Waals surface area contributed by atoms with E-state index in [9.17, 15) is 18.3 Å². The number of sulfonamides is 1. The number of anilines is 1. The fourth-order valence-corrected chi connectivity index (χ4v) is 3.73. The molecule has 7 heteroatoms. The third-order valence-electron chi connectivity index (χ3n) is 3.23. The minimum Gasteiger partial charge on any atom is -0.389 e. The van der Waals surface area contributed by atoms with Gasteiger partial charge < -0.3 is 10.4 Å². The monoisotopic (exact) mass is 298 g/mol. The lowest BCUT2D eigenvalue weighted by Crippen LogP contribution is -2.33. The summed E-state index contributed by atoms with van der Waals surface area (Å²) >= 11 is 0. The molecule has 1 aromatic rings. The van der Waals surface area contributed by atoms with E-state index < -0.39 is 15.6 Å². The van der Waals surface area contributed by atoms with Gasteiger partial charge in [0.2, 0.25) is 15.9 Å². The second-order valence-electron chi connectivity index (χ2n) is 5.29. The molecule has 2 N–H and O–H groups in total. The second-order valence-corrected chi connectivity index (χ2v) is 7.23. The van der Waals surface area contributed by atoms with E-state index >= 15 is 0 Å². The second kappa shape index (κ2) is 5.16. The zero-order chi connectivity index (χ0) is 15.0. The number of aliphatic hydroxyl groups is 1. The van der Waals surface area contributed by atoms with E-state index in [1.54, 1.807) is 19.1 Å². The Hall–Kier alpha value is -1.44. The molecule has 0 radical (unpaired) electrons. The molecule has 110 valence electrons. The zero-order valence-electron chi connectivity index (χ0n) is 11.5. The first-order chi connectivity index (χ1) is 9.21. The van der Waals surface area contributed by atoms with Crippen molar-refractivity contribution >= 4 is 21.6 Å². The van der Waals surface area contributed by atoms with Crippen molar-refractivity contribution in [2.75, 3.05) is 18.4 Å². The number of hydrogen-bond donors (Lipinski definition) is 2. The summed E-state index contributed by atoms with van der Waals surface area (Å²) in [7, 11) is -3.59. The standard InChI is InChI=1S/C13H18N2O4S/c1-10(16)14-11-3-5-12(6-4-11)20(18,19)15-8-7-13(2,17)9-15/h3-6,17H,7-9H2,1-2H3,(H,14,16). The van der Waals surface area contributed by atoms with Crippen LogP contribution in [0.15, 0.2) is 29.2 Å². The van der Waals surface area contributed by atoms with Gasteiger partial charge in [-0.2, -0.15) is 4.31 Å². The van der Waals surface area contributed by atoms with Crippen LogP contribution in [0.2, 0.25) is 0 Å². The summed E-state index contributed by atoms with van der Waals surface area (Å²) in [6, 6.07) is 5.99. The van der Waals surface area contributed by atoms with Crippen LogP contribution in [0.5, 0.6) is 0 Å². The highest BCUT2D eigenvalue weighted by Crippen LogP contribution is 2.27. The quantitative estimate of drug-likeness (QED) is 0.864. The van der Waals surface area contributed by atoms with Crippen molar-refractivity contribution in [1.82, 2.24) is 4.31 Å². The Bertz CT molecular complexity index is 608. The van der Waals surface area contributed by atoms with Crippen LogP contribution >= 0.6 is 0 Å². The number of nitrogens with zero attached hydrogens (tertiary/aromatic N) is 1. The molecule has 2 rings (SSSR count). The summed E-state index contributed by atoms with van der Waals surface area (Å²) in [5.74, 6) is -0.212. The van der Waals surface area contributed by atoms with Gasteiger partial charge in [-0.3, -0.25) is 4.79 Å². The van der Waals surface area contributed by atoms with Gasteiger partial charge in [-0.1, -0.05) is 0 Å². The molecule has 1 fully saturated rings. The predicted molar refractivity (Wildman–Crippen MR) is 74.7 cm³/mol. The molecule has 6 nitrogen and oxygen atoms in total. The Morgan fingerprint density at radius 1 is 1.35 bits per heavy atom. The summed E-state index contributed by atoms with van der Waals surface area (Å²) in [6.07, 6.45) is 0.427. The molecule has 0 spiro atoms. The number of nitrogens with one attached hydrogen (secondary N) is 1. The fourth-order valence-electron chi connectivity index (χ4n) is 2.17. The third kappa shape index (κ3) is 3.17. The molecule has 1 unspecified atom stereocenters. The molecule has 1 aromatic carbocycles. The maximum Gasteiger partial charge on any atom is 0.243 e. The van der Waals surface area contributed by atoms with Gasteiger partial charge in [0, 0.05) is 25.7 Å². The van der Waals surface area contributed by atoms with E-state index in [0.29, 0.717) is 18.7 Å². The van der Waals surface area contributed by atoms with Gasteiger partial charge in [0.15, 0.2) is 0 Å². The summed E-state index contributed by atoms with van der Waals surface area (Å²) in [6.45, 7) is 3.42. The Kier molecular flexibility index (Phi) is 3.86. The van der Waals surface area contributed by atoms with Crippen molar-refractivity contribution in [3.63, 3.8) is 0 Å². The van der Waals surface area contributed by atoms with Crippen molar-refractivity contribution in [3.05, 3.63) is 24.3 Å². The molecular weight excluding hydrogens is 280 g/mol. The van der Waals surface area contributed by atoms with E-state index in [-0.39, 0.29) is 17.3 Å². The van der Waals surface area contributed by atoms with Gasteiger partial charge in [0.1, 0.15) is 0 Å². The lowest BCUT2D eigenvalue weighted by atomic mass is 10.1. The Balaban J connectivity index is 2.20. The molecule has 1 atom stereocenters. The van der Waals surface area contributed by atoms with Gasteiger partial charge in [0.25, 0.3) is 0 Å². The van der Waals surface area contributed by atoms with E-state index in [1.807, 2.05) is 0 Å². The number of benzene rings is 1. The number of carbonyl (C=O) groups excluding carboxylic acids is 1. The molecule has 0 aliphatic carbocycles. The molecule has 0 bridgehead atoms. The van der Waals surface area contributed by atoms with E-state index in [1.165, 1.54) is 23.4 Å². The fraction of sp³-hybridized carbons (Fsp3) is 0.462. The Morgan fingerprint density at radius 2 is 1.95 bits per heavy atom. The van der Waals surface area contributed by atoms with Crippen LogP contribution in [-0.4, -0.2) is 42.4 Å². The zero-order valence-corrected chi connectivity index (χ0v) is 12.3. The maximum absolute atomic E-state index is 12.4. The summed E-state index contributed by atoms with van der Waals surface area (Å²) in [5, 5.41) is 12.4. The van der Waals surface area contributed by atoms with Crippen LogP contribution in [0.1, 0.15) is 20.3 Å². The minimum atomic E-state index is -3.59. The highest BCUT2D eigenvalue weighted by molar-refractivity contribution is 7.89. The van der Waals surface area contributed by atoms with Gasteiger partial charge in [-0.05, 0) is 37.6 Å². The topological polar surface area (TPSA) is 86.7 Å². The normalized spacial score (nSPS) is 23.8. The van der Waals surface area contributed by atoms with E-state index in [0.717, 1.165) is 0 Å². The molecule has 1 amide bonds. The van der Waals surface area contributed by atoms with Crippen LogP contribution in [0.4, 0.5) is 5.69 Å². The Morgan fingerprint density at radius 3 is 2.40 bits per heavy atom. The smallest absolute Gasteiger partial charge is 0.243 e. The minimum absolute atomic E-state index is 0.1000. The number of carbonyl (C=O) groups is 1. The molecule has 1 aliphatic heterocycles. The van der Waals surface area contributed by atoms with Gasteiger partial charge in [0.05, 0.1) is 10.5 Å². The van der Waals surface area contributed by atoms with E-state index in [2.05, 4.69) is 5.32 Å². The third-order valence-corrected chi connectivity index (χ3v) is 5.09. The first-order valence-electron chi connectivity index (χ1n) is 6.31. The predicted octanol–water partition coefficient (Wildman–Crippen LogP) is 0.790. The molecule has 1 aliphatic rings. The maximum atomic E-state index is 12.4. The molecule has 20 heavy (non-hydrogen) atoms. The number of amides is 1. The van der Waals surface area contributed by atoms with Crippen molar-refractivity contribution in [1.29, 1.82) is 0 Å². The van der Waals surface area contributed by atoms with Crippen LogP contribution < -0.4 is 5.32 Å². The molecule has 0 aromatic heterocycles. The van der Waals surface area contributed by atoms with E-state index in [4.69, 9.17) is 0 Å². The highest BCUT2D eigenvalue weighted by Gasteiger charge is 2.38. The van der Waals surface area contributed by atoms with Crippen molar-refractivity contribution in [2.24, 2.45) is 0 Å². The first-order valence-corrected chi connectivity index (χ1v) is 7.75. The van der Waals surface area contributed by atoms with Gasteiger partial charge >= 0.3 is 0 Å². The lowest BCUT2D eigenvalue weighted by Gasteiger charge is -2.19. The summed E-state index contributed by atoms with van der Waals surface area (Å²) in [4.78, 5) is 11.1. The molecule has 0 saturated carbocycles. The first kappa shape index (κ1) is 15.0. The van der Waals surface area contributed by atoms with Crippen LogP contribution in [0.25, 0.3) is 0 Å². The molecular formula is C13H18N2O4S. The van der Waals surface area contributed by atoms with Crippen LogP contribution in [0.3, 0.4) is 0 Å². The SMILES string of the molecule is CC(=O)Nc1ccc(S(=O)(=O)N2CCC(C)(O)C2)cc1. The van der Waals surface area contributed by atoms with Crippen LogP contribution in [-0.2, 0) is 14.8 Å². The number of β-amino-alcohol motifs (C(OH)–C–C–N with tert-alkyl or cyclic N) is 1. The average molecular weight is 298 g/mol.